The summed E-state index contributed by atoms with van der Waals surface area (Å²) < 4.78 is 13.2. The Kier molecular flexibility index (Phi) is 3.80. The van der Waals surface area contributed by atoms with Crippen LogP contribution in [0.3, 0.4) is 0 Å². The Hall–Kier alpha value is -2.28. The van der Waals surface area contributed by atoms with Crippen LogP contribution < -0.4 is 5.32 Å². The first-order valence-corrected chi connectivity index (χ1v) is 6.48. The van der Waals surface area contributed by atoms with E-state index >= 15 is 0 Å². The Morgan fingerprint density at radius 3 is 2.60 bits per heavy atom. The number of carboxylic acids is 1. The van der Waals surface area contributed by atoms with Crippen LogP contribution in [0.15, 0.2) is 18.2 Å². The van der Waals surface area contributed by atoms with Crippen molar-refractivity contribution in [3.8, 4) is 0 Å². The van der Waals surface area contributed by atoms with Gasteiger partial charge in [0.05, 0.1) is 22.0 Å². The Balaban J connectivity index is 2.34. The van der Waals surface area contributed by atoms with Crippen LogP contribution in [0.5, 0.6) is 0 Å². The van der Waals surface area contributed by atoms with E-state index in [1.807, 2.05) is 0 Å². The van der Waals surface area contributed by atoms with Crippen LogP contribution in [-0.4, -0.2) is 22.0 Å². The fourth-order valence-electron chi connectivity index (χ4n) is 1.73. The number of amides is 1. The minimum atomic E-state index is -1.24. The van der Waals surface area contributed by atoms with Crippen molar-refractivity contribution in [2.45, 2.75) is 13.8 Å². The number of anilines is 1. The number of aromatic carboxylic acids is 1. The molecule has 2 aromatic rings. The van der Waals surface area contributed by atoms with Crippen LogP contribution in [0, 0.1) is 19.7 Å². The number of nitrogens with zero attached hydrogens (tertiary/aromatic N) is 1. The second-order valence-electron chi connectivity index (χ2n) is 4.10. The molecule has 1 aromatic carbocycles. The molecule has 0 fully saturated rings. The van der Waals surface area contributed by atoms with Gasteiger partial charge >= 0.3 is 5.97 Å². The molecule has 0 atom stereocenters. The summed E-state index contributed by atoms with van der Waals surface area (Å²) in [4.78, 5) is 27.6. The van der Waals surface area contributed by atoms with Crippen LogP contribution in [0.25, 0.3) is 0 Å². The number of hydrogen-bond acceptors (Lipinski definition) is 4. The van der Waals surface area contributed by atoms with E-state index in [9.17, 15) is 14.0 Å². The van der Waals surface area contributed by atoms with E-state index in [0.717, 1.165) is 23.2 Å². The minimum absolute atomic E-state index is 0.0760. The summed E-state index contributed by atoms with van der Waals surface area (Å²) in [6.07, 6.45) is 0. The van der Waals surface area contributed by atoms with E-state index in [1.54, 1.807) is 13.8 Å². The molecule has 0 spiro atoms. The first-order chi connectivity index (χ1) is 9.38. The van der Waals surface area contributed by atoms with Crippen molar-refractivity contribution in [3.05, 3.63) is 45.2 Å². The molecule has 0 aliphatic rings. The Bertz CT molecular complexity index is 697. The first kappa shape index (κ1) is 14.1. The number of hydrogen-bond donors (Lipinski definition) is 2. The number of aromatic nitrogens is 1. The number of halogens is 1. The van der Waals surface area contributed by atoms with Crippen molar-refractivity contribution in [2.24, 2.45) is 0 Å². The third-order valence-corrected chi connectivity index (χ3v) is 3.64. The topological polar surface area (TPSA) is 79.3 Å². The Labute approximate surface area is 118 Å². The third kappa shape index (κ3) is 2.83. The van der Waals surface area contributed by atoms with Gasteiger partial charge in [-0.1, -0.05) is 0 Å². The minimum Gasteiger partial charge on any atom is -0.478 e. The highest BCUT2D eigenvalue weighted by atomic mass is 32.1. The average molecular weight is 294 g/mol. The van der Waals surface area contributed by atoms with Gasteiger partial charge in [0.2, 0.25) is 0 Å². The molecule has 0 radical (unpaired) electrons. The van der Waals surface area contributed by atoms with Crippen LogP contribution in [0.2, 0.25) is 0 Å². The van der Waals surface area contributed by atoms with E-state index < -0.39 is 17.7 Å². The van der Waals surface area contributed by atoms with Crippen LogP contribution in [0.4, 0.5) is 10.1 Å². The molecular formula is C13H11FN2O3S. The van der Waals surface area contributed by atoms with Crippen LogP contribution in [0.1, 0.15) is 30.7 Å². The lowest BCUT2D eigenvalue weighted by Crippen LogP contribution is -2.14. The van der Waals surface area contributed by atoms with Crippen molar-refractivity contribution in [2.75, 3.05) is 5.32 Å². The molecule has 2 rings (SSSR count). The fourth-order valence-corrected chi connectivity index (χ4v) is 2.54. The largest absolute Gasteiger partial charge is 0.478 e. The highest BCUT2D eigenvalue weighted by Gasteiger charge is 2.18. The maximum absolute atomic E-state index is 13.2. The number of nitrogens with one attached hydrogen (secondary N) is 1. The van der Waals surface area contributed by atoms with E-state index in [0.29, 0.717) is 10.6 Å². The predicted molar refractivity (Wildman–Crippen MR) is 72.9 cm³/mol. The molecule has 20 heavy (non-hydrogen) atoms. The van der Waals surface area contributed by atoms with Gasteiger partial charge in [0.25, 0.3) is 5.91 Å². The van der Waals surface area contributed by atoms with E-state index in [4.69, 9.17) is 5.11 Å². The maximum Gasteiger partial charge on any atom is 0.337 e. The van der Waals surface area contributed by atoms with Gasteiger partial charge in [0, 0.05) is 0 Å². The van der Waals surface area contributed by atoms with E-state index in [2.05, 4.69) is 10.3 Å². The predicted octanol–water partition coefficient (Wildman–Crippen LogP) is 2.85. The second-order valence-corrected chi connectivity index (χ2v) is 5.30. The number of carboxylic acid groups (broad SMARTS) is 1. The van der Waals surface area contributed by atoms with Crippen molar-refractivity contribution in [1.29, 1.82) is 0 Å². The quantitative estimate of drug-likeness (QED) is 0.912. The van der Waals surface area contributed by atoms with Crippen molar-refractivity contribution in [3.63, 3.8) is 0 Å². The van der Waals surface area contributed by atoms with E-state index in [-0.39, 0.29) is 11.3 Å². The highest BCUT2D eigenvalue weighted by Crippen LogP contribution is 2.22. The molecule has 0 aliphatic heterocycles. The Morgan fingerprint density at radius 2 is 2.05 bits per heavy atom. The SMILES string of the molecule is Cc1nc(C)c(C(=O)Nc2cc(F)ccc2C(=O)O)s1. The van der Waals surface area contributed by atoms with Gasteiger partial charge in [-0.15, -0.1) is 11.3 Å². The summed E-state index contributed by atoms with van der Waals surface area (Å²) >= 11 is 1.20. The standard InChI is InChI=1S/C13H11FN2O3S/c1-6-11(20-7(2)15-6)12(17)16-10-5-8(14)3-4-9(10)13(18)19/h3-5H,1-2H3,(H,16,17)(H,18,19). The van der Waals surface area contributed by atoms with Crippen molar-refractivity contribution >= 4 is 28.9 Å². The van der Waals surface area contributed by atoms with Crippen LogP contribution >= 0.6 is 11.3 Å². The molecule has 0 aliphatic carbocycles. The Morgan fingerprint density at radius 1 is 1.35 bits per heavy atom. The molecule has 5 nitrogen and oxygen atoms in total. The highest BCUT2D eigenvalue weighted by molar-refractivity contribution is 7.13. The van der Waals surface area contributed by atoms with Gasteiger partial charge in [-0.25, -0.2) is 14.2 Å². The second kappa shape index (κ2) is 5.38. The zero-order valence-corrected chi connectivity index (χ0v) is 11.5. The van der Waals surface area contributed by atoms with Gasteiger partial charge < -0.3 is 10.4 Å². The summed E-state index contributed by atoms with van der Waals surface area (Å²) in [7, 11) is 0. The average Bonchev–Trinajstić information content (AvgIpc) is 2.68. The number of thiazole rings is 1. The lowest BCUT2D eigenvalue weighted by molar-refractivity contribution is 0.0698. The first-order valence-electron chi connectivity index (χ1n) is 5.66. The molecule has 0 saturated carbocycles. The number of aryl methyl sites for hydroxylation is 2. The summed E-state index contributed by atoms with van der Waals surface area (Å²) in [6.45, 7) is 3.45. The summed E-state index contributed by atoms with van der Waals surface area (Å²) in [5.41, 5.74) is 0.310. The molecular weight excluding hydrogens is 283 g/mol. The van der Waals surface area contributed by atoms with Gasteiger partial charge in [-0.3, -0.25) is 4.79 Å². The smallest absolute Gasteiger partial charge is 0.337 e. The molecule has 1 heterocycles. The zero-order chi connectivity index (χ0) is 14.9. The van der Waals surface area contributed by atoms with Crippen molar-refractivity contribution in [1.82, 2.24) is 4.98 Å². The summed E-state index contributed by atoms with van der Waals surface area (Å²) in [5, 5.41) is 12.2. The fraction of sp³-hybridized carbons (Fsp3) is 0.154. The normalized spacial score (nSPS) is 10.3. The zero-order valence-electron chi connectivity index (χ0n) is 10.7. The molecule has 0 bridgehead atoms. The summed E-state index contributed by atoms with van der Waals surface area (Å²) in [5.74, 6) is -2.36. The molecule has 0 unspecified atom stereocenters. The molecule has 7 heteroatoms. The van der Waals surface area contributed by atoms with Crippen molar-refractivity contribution < 1.29 is 19.1 Å². The van der Waals surface area contributed by atoms with Gasteiger partial charge in [0.15, 0.2) is 0 Å². The van der Waals surface area contributed by atoms with Gasteiger partial charge in [-0.2, -0.15) is 0 Å². The number of carbonyl (C=O) groups excluding carboxylic acids is 1. The molecule has 104 valence electrons. The number of rotatable bonds is 3. The lowest BCUT2D eigenvalue weighted by atomic mass is 10.1. The molecule has 0 saturated heterocycles. The number of carbonyl (C=O) groups is 2. The number of benzene rings is 1. The van der Waals surface area contributed by atoms with Gasteiger partial charge in [0.1, 0.15) is 10.7 Å². The van der Waals surface area contributed by atoms with E-state index in [1.165, 1.54) is 11.3 Å². The summed E-state index contributed by atoms with van der Waals surface area (Å²) in [6, 6.07) is 3.11. The lowest BCUT2D eigenvalue weighted by Gasteiger charge is -2.07. The molecule has 1 amide bonds. The van der Waals surface area contributed by atoms with Gasteiger partial charge in [-0.05, 0) is 32.0 Å². The monoisotopic (exact) mass is 294 g/mol. The van der Waals surface area contributed by atoms with Crippen LogP contribution in [-0.2, 0) is 0 Å². The molecule has 1 aromatic heterocycles. The molecule has 2 N–H and O–H groups in total. The maximum atomic E-state index is 13.2. The third-order valence-electron chi connectivity index (χ3n) is 2.57.